The molecule has 142 valence electrons. The fourth-order valence-corrected chi connectivity index (χ4v) is 7.45. The highest BCUT2D eigenvalue weighted by molar-refractivity contribution is 5.29. The fourth-order valence-electron chi connectivity index (χ4n) is 7.45. The van der Waals surface area contributed by atoms with Crippen molar-refractivity contribution < 1.29 is 9.47 Å². The van der Waals surface area contributed by atoms with Gasteiger partial charge in [-0.25, -0.2) is 0 Å². The molecule has 5 aliphatic rings. The maximum absolute atomic E-state index is 6.23. The highest BCUT2D eigenvalue weighted by Gasteiger charge is 2.65. The molecule has 1 saturated heterocycles. The third-order valence-electron chi connectivity index (χ3n) is 8.74. The average Bonchev–Trinajstić information content (AvgIpc) is 3.23. The van der Waals surface area contributed by atoms with E-state index in [1.807, 2.05) is 19.4 Å². The maximum Gasteiger partial charge on any atom is 0.174 e. The van der Waals surface area contributed by atoms with Gasteiger partial charge in [-0.05, 0) is 61.7 Å². The molecule has 4 fully saturated rings. The van der Waals surface area contributed by atoms with Gasteiger partial charge in [0, 0.05) is 11.8 Å². The lowest BCUT2D eigenvalue weighted by Crippen LogP contribution is -2.52. The van der Waals surface area contributed by atoms with Crippen molar-refractivity contribution in [1.29, 1.82) is 0 Å². The van der Waals surface area contributed by atoms with Crippen LogP contribution in [0.15, 0.2) is 11.6 Å². The Morgan fingerprint density at radius 1 is 0.920 bits per heavy atom. The van der Waals surface area contributed by atoms with Crippen LogP contribution in [0, 0.1) is 28.6 Å². The minimum Gasteiger partial charge on any atom is -0.347 e. The van der Waals surface area contributed by atoms with Crippen molar-refractivity contribution in [1.82, 2.24) is 0 Å². The van der Waals surface area contributed by atoms with Crippen molar-refractivity contribution >= 4 is 0 Å². The van der Waals surface area contributed by atoms with Gasteiger partial charge in [-0.2, -0.15) is 0 Å². The normalized spacial score (nSPS) is 47.2. The summed E-state index contributed by atoms with van der Waals surface area (Å²) in [6.07, 6.45) is 14.9. The fraction of sp³-hybridized carbons (Fsp3) is 0.913. The number of hydrogen-bond donors (Lipinski definition) is 0. The smallest absolute Gasteiger partial charge is 0.174 e. The summed E-state index contributed by atoms with van der Waals surface area (Å²) < 4.78 is 12.5. The van der Waals surface area contributed by atoms with E-state index in [0.29, 0.717) is 5.41 Å². The van der Waals surface area contributed by atoms with Crippen LogP contribution in [-0.4, -0.2) is 19.0 Å². The molecular weight excluding hydrogens is 308 g/mol. The number of fused-ring (bicyclic) bond motifs is 6. The Bertz CT molecular complexity index is 532. The molecule has 0 aromatic heterocycles. The zero-order chi connectivity index (χ0) is 17.7. The van der Waals surface area contributed by atoms with Gasteiger partial charge in [-0.3, -0.25) is 0 Å². The predicted molar refractivity (Wildman–Crippen MR) is 102 cm³/mol. The molecule has 0 aromatic rings. The molecule has 0 radical (unpaired) electrons. The first-order chi connectivity index (χ1) is 12.1. The molecular formula is C23H38O2. The zero-order valence-electron chi connectivity index (χ0n) is 16.9. The monoisotopic (exact) mass is 346 g/mol. The Kier molecular flexibility index (Phi) is 4.60. The van der Waals surface area contributed by atoms with Crippen molar-refractivity contribution in [3.8, 4) is 0 Å². The molecule has 0 N–H and O–H groups in total. The largest absolute Gasteiger partial charge is 0.347 e. The van der Waals surface area contributed by atoms with Gasteiger partial charge >= 0.3 is 0 Å². The number of rotatable bonds is 0. The summed E-state index contributed by atoms with van der Waals surface area (Å²) in [5.41, 5.74) is 2.57. The van der Waals surface area contributed by atoms with Gasteiger partial charge < -0.3 is 9.47 Å². The van der Waals surface area contributed by atoms with Crippen molar-refractivity contribution in [2.24, 2.45) is 28.6 Å². The summed E-state index contributed by atoms with van der Waals surface area (Å²) in [4.78, 5) is 0. The lowest BCUT2D eigenvalue weighted by atomic mass is 9.49. The molecule has 2 nitrogen and oxygen atoms in total. The van der Waals surface area contributed by atoms with E-state index in [4.69, 9.17) is 9.47 Å². The van der Waals surface area contributed by atoms with Gasteiger partial charge in [-0.15, -0.1) is 0 Å². The first kappa shape index (κ1) is 18.0. The molecule has 5 atom stereocenters. The van der Waals surface area contributed by atoms with Gasteiger partial charge in [0.15, 0.2) is 5.79 Å². The molecule has 5 rings (SSSR count). The topological polar surface area (TPSA) is 18.5 Å². The molecule has 1 heterocycles. The molecule has 2 heteroatoms. The summed E-state index contributed by atoms with van der Waals surface area (Å²) in [6.45, 7) is 10.7. The Labute approximate surface area is 154 Å². The van der Waals surface area contributed by atoms with E-state index in [2.05, 4.69) is 19.9 Å². The predicted octanol–water partition coefficient (Wildman–Crippen LogP) is 6.11. The lowest BCUT2D eigenvalue weighted by Gasteiger charge is -2.56. The van der Waals surface area contributed by atoms with Crippen LogP contribution in [-0.2, 0) is 9.47 Å². The highest BCUT2D eigenvalue weighted by atomic mass is 16.7. The molecule has 0 bridgehead atoms. The second-order valence-electron chi connectivity index (χ2n) is 9.42. The molecule has 1 spiro atoms. The van der Waals surface area contributed by atoms with E-state index >= 15 is 0 Å². The number of hydrogen-bond acceptors (Lipinski definition) is 2. The summed E-state index contributed by atoms with van der Waals surface area (Å²) in [6, 6.07) is 0. The molecule has 3 saturated carbocycles. The Morgan fingerprint density at radius 2 is 1.68 bits per heavy atom. The first-order valence-electron chi connectivity index (χ1n) is 11.1. The summed E-state index contributed by atoms with van der Waals surface area (Å²) in [5, 5.41) is 0. The SMILES string of the molecule is CC.C[C@]12CC=C3C(CC[C@@H]4CCCC[C@]34C)C1CCC21OCCO1. The highest BCUT2D eigenvalue weighted by Crippen LogP contribution is 2.67. The molecule has 0 amide bonds. The van der Waals surface area contributed by atoms with Crippen LogP contribution in [0.25, 0.3) is 0 Å². The molecule has 2 unspecified atom stereocenters. The van der Waals surface area contributed by atoms with Crippen molar-refractivity contribution in [3.05, 3.63) is 11.6 Å². The molecule has 0 aromatic carbocycles. The van der Waals surface area contributed by atoms with Crippen LogP contribution >= 0.6 is 0 Å². The van der Waals surface area contributed by atoms with Crippen LogP contribution in [0.3, 0.4) is 0 Å². The minimum atomic E-state index is -0.260. The van der Waals surface area contributed by atoms with E-state index in [1.165, 1.54) is 51.4 Å². The second kappa shape index (κ2) is 6.37. The van der Waals surface area contributed by atoms with E-state index in [9.17, 15) is 0 Å². The molecule has 25 heavy (non-hydrogen) atoms. The van der Waals surface area contributed by atoms with Gasteiger partial charge in [0.1, 0.15) is 0 Å². The Morgan fingerprint density at radius 3 is 2.44 bits per heavy atom. The van der Waals surface area contributed by atoms with Gasteiger partial charge in [0.25, 0.3) is 0 Å². The van der Waals surface area contributed by atoms with Gasteiger partial charge in [-0.1, -0.05) is 52.2 Å². The summed E-state index contributed by atoms with van der Waals surface area (Å²) >= 11 is 0. The molecule has 4 aliphatic carbocycles. The van der Waals surface area contributed by atoms with Crippen LogP contribution in [0.4, 0.5) is 0 Å². The summed E-state index contributed by atoms with van der Waals surface area (Å²) in [5.74, 6) is 2.28. The number of ether oxygens (including phenoxy) is 2. The maximum atomic E-state index is 6.23. The second-order valence-corrected chi connectivity index (χ2v) is 9.42. The van der Waals surface area contributed by atoms with Gasteiger partial charge in [0.2, 0.25) is 0 Å². The third kappa shape index (κ3) is 2.35. The van der Waals surface area contributed by atoms with Gasteiger partial charge in [0.05, 0.1) is 13.2 Å². The molecule has 1 aliphatic heterocycles. The first-order valence-corrected chi connectivity index (χ1v) is 11.1. The quantitative estimate of drug-likeness (QED) is 0.493. The van der Waals surface area contributed by atoms with E-state index in [-0.39, 0.29) is 11.2 Å². The van der Waals surface area contributed by atoms with E-state index in [0.717, 1.165) is 37.4 Å². The zero-order valence-corrected chi connectivity index (χ0v) is 16.9. The third-order valence-corrected chi connectivity index (χ3v) is 8.74. The summed E-state index contributed by atoms with van der Waals surface area (Å²) in [7, 11) is 0. The van der Waals surface area contributed by atoms with Crippen LogP contribution in [0.2, 0.25) is 0 Å². The van der Waals surface area contributed by atoms with Crippen LogP contribution < -0.4 is 0 Å². The van der Waals surface area contributed by atoms with Crippen LogP contribution in [0.5, 0.6) is 0 Å². The van der Waals surface area contributed by atoms with E-state index in [1.54, 1.807) is 0 Å². The van der Waals surface area contributed by atoms with Crippen molar-refractivity contribution in [2.75, 3.05) is 13.2 Å². The lowest BCUT2D eigenvalue weighted by molar-refractivity contribution is -0.229. The Hall–Kier alpha value is -0.340. The van der Waals surface area contributed by atoms with E-state index < -0.39 is 0 Å². The number of allylic oxidation sites excluding steroid dienone is 2. The minimum absolute atomic E-state index is 0.204. The average molecular weight is 347 g/mol. The van der Waals surface area contributed by atoms with Crippen molar-refractivity contribution in [2.45, 2.75) is 91.3 Å². The van der Waals surface area contributed by atoms with Crippen molar-refractivity contribution in [3.63, 3.8) is 0 Å². The Balaban J connectivity index is 0.000000758. The van der Waals surface area contributed by atoms with Crippen LogP contribution in [0.1, 0.15) is 85.5 Å². The standard InChI is InChI=1S/C21H32O2.C2H6/c1-19-10-4-3-5-15(19)6-7-16-17(19)8-11-20(2)18(16)9-12-21(20)22-13-14-23-21;1-2/h8,15-16,18H,3-7,9-14H2,1-2H3;1-2H3/t15-,16?,18?,19-,20-;/m0./s1.